The van der Waals surface area contributed by atoms with Gasteiger partial charge in [0.1, 0.15) is 5.69 Å². The Hall–Kier alpha value is -0.750. The van der Waals surface area contributed by atoms with E-state index in [0.29, 0.717) is 5.69 Å². The molecule has 0 saturated carbocycles. The van der Waals surface area contributed by atoms with Crippen LogP contribution in [0.1, 0.15) is 0 Å². The molecule has 0 spiro atoms. The van der Waals surface area contributed by atoms with E-state index in [-0.39, 0.29) is 10.6 Å². The average molecular weight is 291 g/mol. The number of nitrogens with one attached hydrogen (secondary N) is 1. The highest BCUT2D eigenvalue weighted by Gasteiger charge is 2.12. The van der Waals surface area contributed by atoms with Gasteiger partial charge in [-0.3, -0.25) is 10.1 Å². The van der Waals surface area contributed by atoms with E-state index in [1.807, 2.05) is 6.26 Å². The van der Waals surface area contributed by atoms with Crippen LogP contribution in [0.25, 0.3) is 0 Å². The van der Waals surface area contributed by atoms with Crippen molar-refractivity contribution in [2.45, 2.75) is 0 Å². The fourth-order valence-corrected chi connectivity index (χ4v) is 1.76. The molecule has 0 amide bonds. The SMILES string of the molecule is CSCCNc1cc(Br)ccc1[N+](=O)[O-]. The van der Waals surface area contributed by atoms with Crippen LogP contribution in [0.4, 0.5) is 11.4 Å². The summed E-state index contributed by atoms with van der Waals surface area (Å²) in [7, 11) is 0. The Morgan fingerprint density at radius 2 is 2.33 bits per heavy atom. The summed E-state index contributed by atoms with van der Waals surface area (Å²) in [5.74, 6) is 0.920. The van der Waals surface area contributed by atoms with E-state index in [9.17, 15) is 10.1 Å². The standard InChI is InChI=1S/C9H11BrN2O2S/c1-15-5-4-11-8-6-7(10)2-3-9(8)12(13)14/h2-3,6,11H,4-5H2,1H3. The maximum Gasteiger partial charge on any atom is 0.292 e. The van der Waals surface area contributed by atoms with Gasteiger partial charge >= 0.3 is 0 Å². The van der Waals surface area contributed by atoms with Gasteiger partial charge < -0.3 is 5.32 Å². The molecule has 0 atom stereocenters. The summed E-state index contributed by atoms with van der Waals surface area (Å²) >= 11 is 4.98. The number of hydrogen-bond donors (Lipinski definition) is 1. The Morgan fingerprint density at radius 3 is 2.93 bits per heavy atom. The molecule has 0 heterocycles. The van der Waals surface area contributed by atoms with Crippen molar-refractivity contribution in [1.82, 2.24) is 0 Å². The van der Waals surface area contributed by atoms with Crippen molar-refractivity contribution in [3.05, 3.63) is 32.8 Å². The quantitative estimate of drug-likeness (QED) is 0.514. The average Bonchev–Trinajstić information content (AvgIpc) is 2.18. The molecule has 0 unspecified atom stereocenters. The van der Waals surface area contributed by atoms with Gasteiger partial charge in [-0.25, -0.2) is 0 Å². The number of rotatable bonds is 5. The predicted octanol–water partition coefficient (Wildman–Crippen LogP) is 3.13. The second kappa shape index (κ2) is 5.97. The van der Waals surface area contributed by atoms with Gasteiger partial charge in [0.2, 0.25) is 0 Å². The minimum Gasteiger partial charge on any atom is -0.379 e. The van der Waals surface area contributed by atoms with Crippen LogP contribution in [0.15, 0.2) is 22.7 Å². The van der Waals surface area contributed by atoms with Gasteiger partial charge in [-0.15, -0.1) is 0 Å². The first-order valence-electron chi connectivity index (χ1n) is 4.32. The number of thioether (sulfide) groups is 1. The Kier molecular flexibility index (Phi) is 4.90. The van der Waals surface area contributed by atoms with Gasteiger partial charge in [-0.2, -0.15) is 11.8 Å². The van der Waals surface area contributed by atoms with E-state index in [2.05, 4.69) is 21.2 Å². The summed E-state index contributed by atoms with van der Waals surface area (Å²) in [6, 6.07) is 4.88. The van der Waals surface area contributed by atoms with Crippen LogP contribution >= 0.6 is 27.7 Å². The molecule has 1 rings (SSSR count). The lowest BCUT2D eigenvalue weighted by Gasteiger charge is -2.06. The van der Waals surface area contributed by atoms with Gasteiger partial charge in [-0.05, 0) is 18.4 Å². The summed E-state index contributed by atoms with van der Waals surface area (Å²) in [4.78, 5) is 10.3. The highest BCUT2D eigenvalue weighted by Crippen LogP contribution is 2.27. The first-order valence-corrected chi connectivity index (χ1v) is 6.50. The molecule has 0 fully saturated rings. The molecule has 0 saturated heterocycles. The smallest absolute Gasteiger partial charge is 0.292 e. The lowest BCUT2D eigenvalue weighted by Crippen LogP contribution is -2.06. The van der Waals surface area contributed by atoms with Crippen LogP contribution in [0.3, 0.4) is 0 Å². The van der Waals surface area contributed by atoms with Gasteiger partial charge in [0.25, 0.3) is 5.69 Å². The maximum absolute atomic E-state index is 10.7. The topological polar surface area (TPSA) is 55.2 Å². The third kappa shape index (κ3) is 3.71. The van der Waals surface area contributed by atoms with E-state index in [1.54, 1.807) is 23.9 Å². The highest BCUT2D eigenvalue weighted by molar-refractivity contribution is 9.10. The van der Waals surface area contributed by atoms with Crippen LogP contribution in [0.2, 0.25) is 0 Å². The van der Waals surface area contributed by atoms with Crippen molar-refractivity contribution in [1.29, 1.82) is 0 Å². The third-order valence-electron chi connectivity index (χ3n) is 1.78. The van der Waals surface area contributed by atoms with Crippen molar-refractivity contribution in [2.24, 2.45) is 0 Å². The zero-order chi connectivity index (χ0) is 11.3. The van der Waals surface area contributed by atoms with Crippen molar-refractivity contribution < 1.29 is 4.92 Å². The summed E-state index contributed by atoms with van der Waals surface area (Å²) in [5.41, 5.74) is 0.669. The molecule has 0 aromatic heterocycles. The first kappa shape index (κ1) is 12.3. The van der Waals surface area contributed by atoms with E-state index < -0.39 is 0 Å². The van der Waals surface area contributed by atoms with Crippen molar-refractivity contribution in [2.75, 3.05) is 23.9 Å². The van der Waals surface area contributed by atoms with Crippen molar-refractivity contribution >= 4 is 39.1 Å². The minimum absolute atomic E-state index is 0.110. The van der Waals surface area contributed by atoms with Crippen LogP contribution in [0.5, 0.6) is 0 Å². The molecule has 4 nitrogen and oxygen atoms in total. The van der Waals surface area contributed by atoms with Crippen LogP contribution in [0, 0.1) is 10.1 Å². The van der Waals surface area contributed by atoms with E-state index in [4.69, 9.17) is 0 Å². The van der Waals surface area contributed by atoms with Crippen LogP contribution in [-0.2, 0) is 0 Å². The maximum atomic E-state index is 10.7. The summed E-state index contributed by atoms with van der Waals surface area (Å²) in [6.45, 7) is 0.721. The number of nitro benzene ring substituents is 1. The second-order valence-electron chi connectivity index (χ2n) is 2.84. The molecule has 1 N–H and O–H groups in total. The van der Waals surface area contributed by atoms with Crippen molar-refractivity contribution in [3.63, 3.8) is 0 Å². The van der Waals surface area contributed by atoms with Gasteiger partial charge in [0.15, 0.2) is 0 Å². The predicted molar refractivity (Wildman–Crippen MR) is 67.7 cm³/mol. The zero-order valence-corrected chi connectivity index (χ0v) is 10.6. The van der Waals surface area contributed by atoms with E-state index >= 15 is 0 Å². The molecule has 6 heteroatoms. The Bertz CT molecular complexity index is 360. The molecule has 1 aromatic rings. The van der Waals surface area contributed by atoms with Gasteiger partial charge in [0.05, 0.1) is 4.92 Å². The van der Waals surface area contributed by atoms with E-state index in [1.165, 1.54) is 6.07 Å². The molecular weight excluding hydrogens is 280 g/mol. The van der Waals surface area contributed by atoms with Crippen LogP contribution in [-0.4, -0.2) is 23.5 Å². The molecule has 0 aliphatic rings. The number of hydrogen-bond acceptors (Lipinski definition) is 4. The van der Waals surface area contributed by atoms with E-state index in [0.717, 1.165) is 16.8 Å². The van der Waals surface area contributed by atoms with Gasteiger partial charge in [-0.1, -0.05) is 15.9 Å². The molecule has 0 aliphatic heterocycles. The van der Waals surface area contributed by atoms with Crippen LogP contribution < -0.4 is 5.32 Å². The fourth-order valence-electron chi connectivity index (χ4n) is 1.10. The van der Waals surface area contributed by atoms with Gasteiger partial charge in [0, 0.05) is 22.8 Å². The molecule has 82 valence electrons. The fraction of sp³-hybridized carbons (Fsp3) is 0.333. The first-order chi connectivity index (χ1) is 7.15. The molecule has 0 bridgehead atoms. The number of nitrogens with zero attached hydrogens (tertiary/aromatic N) is 1. The Balaban J connectivity index is 2.82. The molecule has 0 radical (unpaired) electrons. The zero-order valence-electron chi connectivity index (χ0n) is 8.20. The number of nitro groups is 1. The number of benzene rings is 1. The Morgan fingerprint density at radius 1 is 1.60 bits per heavy atom. The summed E-state index contributed by atoms with van der Waals surface area (Å²) < 4.78 is 0.833. The van der Waals surface area contributed by atoms with Crippen molar-refractivity contribution in [3.8, 4) is 0 Å². The summed E-state index contributed by atoms with van der Waals surface area (Å²) in [5, 5.41) is 13.8. The molecular formula is C9H11BrN2O2S. The lowest BCUT2D eigenvalue weighted by molar-refractivity contribution is -0.384. The minimum atomic E-state index is -0.381. The lowest BCUT2D eigenvalue weighted by atomic mass is 10.2. The number of anilines is 1. The highest BCUT2D eigenvalue weighted by atomic mass is 79.9. The second-order valence-corrected chi connectivity index (χ2v) is 4.74. The molecule has 0 aliphatic carbocycles. The molecule has 1 aromatic carbocycles. The Labute approximate surface area is 101 Å². The largest absolute Gasteiger partial charge is 0.379 e. The summed E-state index contributed by atoms with van der Waals surface area (Å²) in [6.07, 6.45) is 2.00. The molecule has 15 heavy (non-hydrogen) atoms. The normalized spacial score (nSPS) is 10.0. The number of halogens is 1. The monoisotopic (exact) mass is 290 g/mol. The third-order valence-corrected chi connectivity index (χ3v) is 2.88.